The van der Waals surface area contributed by atoms with Crippen molar-refractivity contribution in [3.05, 3.63) is 78.1 Å². The number of anilines is 3. The van der Waals surface area contributed by atoms with Crippen LogP contribution in [0.4, 0.5) is 17.1 Å². The minimum atomic E-state index is -0.198. The lowest BCUT2D eigenvalue weighted by Crippen LogP contribution is -2.12. The van der Waals surface area contributed by atoms with Gasteiger partial charge in [-0.3, -0.25) is 9.78 Å². The second-order valence-electron chi connectivity index (χ2n) is 5.86. The molecule has 0 fully saturated rings. The van der Waals surface area contributed by atoms with Crippen LogP contribution in [0.2, 0.25) is 0 Å². The number of hydrogen-bond donors (Lipinski definition) is 2. The molecule has 2 aromatic carbocycles. The molecule has 0 aliphatic rings. The zero-order valence-electron chi connectivity index (χ0n) is 14.8. The highest BCUT2D eigenvalue weighted by Crippen LogP contribution is 2.20. The fourth-order valence-corrected chi connectivity index (χ4v) is 2.44. The highest BCUT2D eigenvalue weighted by atomic mass is 16.5. The Labute approximate surface area is 153 Å². The first-order valence-corrected chi connectivity index (χ1v) is 8.47. The Kier molecular flexibility index (Phi) is 5.49. The molecule has 0 unspecified atom stereocenters. The summed E-state index contributed by atoms with van der Waals surface area (Å²) < 4.78 is 5.43. The normalized spacial score (nSPS) is 10.2. The van der Waals surface area contributed by atoms with Crippen LogP contribution in [-0.4, -0.2) is 17.5 Å². The molecule has 5 nitrogen and oxygen atoms in total. The monoisotopic (exact) mass is 347 g/mol. The summed E-state index contributed by atoms with van der Waals surface area (Å²) in [5.41, 5.74) is 4.02. The van der Waals surface area contributed by atoms with Gasteiger partial charge in [0.2, 0.25) is 0 Å². The Morgan fingerprint density at radius 2 is 1.65 bits per heavy atom. The average molecular weight is 347 g/mol. The standard InChI is InChI=1S/C21H21N3O2/c1-3-26-20-10-8-17(9-11-20)23-19-12-16(13-22-14-19)21(25)24-18-6-4-15(2)5-7-18/h4-14,23H,3H2,1-2H3,(H,24,25). The predicted octanol–water partition coefficient (Wildman–Crippen LogP) is 4.78. The molecule has 26 heavy (non-hydrogen) atoms. The van der Waals surface area contributed by atoms with Gasteiger partial charge >= 0.3 is 0 Å². The topological polar surface area (TPSA) is 63.2 Å². The third-order valence-electron chi connectivity index (χ3n) is 3.76. The number of aromatic nitrogens is 1. The van der Waals surface area contributed by atoms with Crippen molar-refractivity contribution in [1.82, 2.24) is 4.98 Å². The summed E-state index contributed by atoms with van der Waals surface area (Å²) in [6.07, 6.45) is 3.23. The van der Waals surface area contributed by atoms with Gasteiger partial charge in [0, 0.05) is 17.6 Å². The number of rotatable bonds is 6. The maximum atomic E-state index is 12.4. The van der Waals surface area contributed by atoms with E-state index in [1.807, 2.05) is 62.4 Å². The quantitative estimate of drug-likeness (QED) is 0.673. The molecule has 2 N–H and O–H groups in total. The van der Waals surface area contributed by atoms with E-state index in [2.05, 4.69) is 15.6 Å². The molecule has 0 saturated carbocycles. The van der Waals surface area contributed by atoms with E-state index in [0.717, 1.165) is 28.4 Å². The van der Waals surface area contributed by atoms with Gasteiger partial charge in [0.05, 0.1) is 24.1 Å². The lowest BCUT2D eigenvalue weighted by atomic mass is 10.2. The van der Waals surface area contributed by atoms with E-state index in [9.17, 15) is 4.79 Å². The van der Waals surface area contributed by atoms with Gasteiger partial charge in [-0.1, -0.05) is 17.7 Å². The van der Waals surface area contributed by atoms with Crippen molar-refractivity contribution in [2.75, 3.05) is 17.2 Å². The van der Waals surface area contributed by atoms with Crippen LogP contribution in [0.1, 0.15) is 22.8 Å². The second kappa shape index (κ2) is 8.16. The minimum Gasteiger partial charge on any atom is -0.494 e. The summed E-state index contributed by atoms with van der Waals surface area (Å²) in [5.74, 6) is 0.624. The number of carbonyl (C=O) groups is 1. The van der Waals surface area contributed by atoms with Crippen LogP contribution in [0, 0.1) is 6.92 Å². The van der Waals surface area contributed by atoms with Gasteiger partial charge < -0.3 is 15.4 Å². The lowest BCUT2D eigenvalue weighted by molar-refractivity contribution is 0.102. The molecule has 1 heterocycles. The molecule has 0 saturated heterocycles. The number of nitrogens with one attached hydrogen (secondary N) is 2. The van der Waals surface area contributed by atoms with Crippen molar-refractivity contribution in [2.45, 2.75) is 13.8 Å². The average Bonchev–Trinajstić information content (AvgIpc) is 2.66. The zero-order chi connectivity index (χ0) is 18.4. The van der Waals surface area contributed by atoms with Gasteiger partial charge in [-0.25, -0.2) is 0 Å². The summed E-state index contributed by atoms with van der Waals surface area (Å²) in [5, 5.41) is 6.12. The molecule has 0 bridgehead atoms. The van der Waals surface area contributed by atoms with Crippen molar-refractivity contribution >= 4 is 23.0 Å². The van der Waals surface area contributed by atoms with Crippen LogP contribution in [0.15, 0.2) is 67.0 Å². The van der Waals surface area contributed by atoms with Crippen LogP contribution in [0.25, 0.3) is 0 Å². The first kappa shape index (κ1) is 17.5. The molecule has 0 atom stereocenters. The summed E-state index contributed by atoms with van der Waals surface area (Å²) in [4.78, 5) is 16.6. The van der Waals surface area contributed by atoms with E-state index in [1.54, 1.807) is 18.5 Å². The Hall–Kier alpha value is -3.34. The van der Waals surface area contributed by atoms with E-state index in [0.29, 0.717) is 12.2 Å². The van der Waals surface area contributed by atoms with Crippen molar-refractivity contribution < 1.29 is 9.53 Å². The Morgan fingerprint density at radius 1 is 0.962 bits per heavy atom. The largest absolute Gasteiger partial charge is 0.494 e. The van der Waals surface area contributed by atoms with Gasteiger partial charge in [-0.15, -0.1) is 0 Å². The molecule has 1 amide bonds. The lowest BCUT2D eigenvalue weighted by Gasteiger charge is -2.10. The smallest absolute Gasteiger partial charge is 0.257 e. The molecular formula is C21H21N3O2. The molecule has 132 valence electrons. The summed E-state index contributed by atoms with van der Waals surface area (Å²) in [6, 6.07) is 17.1. The van der Waals surface area contributed by atoms with Crippen molar-refractivity contribution in [2.24, 2.45) is 0 Å². The number of amides is 1. The molecule has 3 aromatic rings. The molecule has 0 aliphatic carbocycles. The van der Waals surface area contributed by atoms with Gasteiger partial charge in [0.1, 0.15) is 5.75 Å². The number of pyridine rings is 1. The number of carbonyl (C=O) groups excluding carboxylic acids is 1. The van der Waals surface area contributed by atoms with Gasteiger partial charge in [-0.2, -0.15) is 0 Å². The van der Waals surface area contributed by atoms with Crippen LogP contribution >= 0.6 is 0 Å². The Bertz CT molecular complexity index is 875. The van der Waals surface area contributed by atoms with Crippen LogP contribution < -0.4 is 15.4 Å². The van der Waals surface area contributed by atoms with Gasteiger partial charge in [0.15, 0.2) is 0 Å². The van der Waals surface area contributed by atoms with E-state index in [1.165, 1.54) is 0 Å². The summed E-state index contributed by atoms with van der Waals surface area (Å²) in [7, 11) is 0. The molecule has 3 rings (SSSR count). The zero-order valence-corrected chi connectivity index (χ0v) is 14.8. The van der Waals surface area contributed by atoms with Crippen LogP contribution in [0.5, 0.6) is 5.75 Å². The molecule has 0 aliphatic heterocycles. The number of nitrogens with zero attached hydrogens (tertiary/aromatic N) is 1. The Balaban J connectivity index is 1.69. The van der Waals surface area contributed by atoms with Gasteiger partial charge in [0.25, 0.3) is 5.91 Å². The van der Waals surface area contributed by atoms with Crippen LogP contribution in [0.3, 0.4) is 0 Å². The van der Waals surface area contributed by atoms with Crippen molar-refractivity contribution in [3.63, 3.8) is 0 Å². The minimum absolute atomic E-state index is 0.198. The predicted molar refractivity (Wildman–Crippen MR) is 104 cm³/mol. The van der Waals surface area contributed by atoms with Crippen molar-refractivity contribution in [1.29, 1.82) is 0 Å². The maximum Gasteiger partial charge on any atom is 0.257 e. The molecular weight excluding hydrogens is 326 g/mol. The second-order valence-corrected chi connectivity index (χ2v) is 5.86. The van der Waals surface area contributed by atoms with Crippen LogP contribution in [-0.2, 0) is 0 Å². The number of aryl methyl sites for hydroxylation is 1. The van der Waals surface area contributed by atoms with E-state index in [-0.39, 0.29) is 5.91 Å². The first-order valence-electron chi connectivity index (χ1n) is 8.47. The summed E-state index contributed by atoms with van der Waals surface area (Å²) >= 11 is 0. The molecule has 0 radical (unpaired) electrons. The van der Waals surface area contributed by atoms with Gasteiger partial charge in [-0.05, 0) is 56.3 Å². The fourth-order valence-electron chi connectivity index (χ4n) is 2.44. The third kappa shape index (κ3) is 4.60. The Morgan fingerprint density at radius 3 is 2.35 bits per heavy atom. The van der Waals surface area contributed by atoms with E-state index < -0.39 is 0 Å². The van der Waals surface area contributed by atoms with Crippen molar-refractivity contribution in [3.8, 4) is 5.75 Å². The SMILES string of the molecule is CCOc1ccc(Nc2cncc(C(=O)Nc3ccc(C)cc3)c2)cc1. The first-order chi connectivity index (χ1) is 12.6. The van der Waals surface area contributed by atoms with E-state index in [4.69, 9.17) is 4.74 Å². The molecule has 0 spiro atoms. The molecule has 1 aromatic heterocycles. The maximum absolute atomic E-state index is 12.4. The summed E-state index contributed by atoms with van der Waals surface area (Å²) in [6.45, 7) is 4.59. The number of benzene rings is 2. The third-order valence-corrected chi connectivity index (χ3v) is 3.76. The highest BCUT2D eigenvalue weighted by Gasteiger charge is 2.08. The fraction of sp³-hybridized carbons (Fsp3) is 0.143. The highest BCUT2D eigenvalue weighted by molar-refractivity contribution is 6.04. The van der Waals surface area contributed by atoms with E-state index >= 15 is 0 Å². The molecule has 5 heteroatoms. The number of ether oxygens (including phenoxy) is 1. The number of hydrogen-bond acceptors (Lipinski definition) is 4.